The van der Waals surface area contributed by atoms with Gasteiger partial charge in [0.05, 0.1) is 12.1 Å². The Morgan fingerprint density at radius 1 is 1.69 bits per heavy atom. The molecule has 0 aliphatic heterocycles. The van der Waals surface area contributed by atoms with E-state index in [0.29, 0.717) is 12.6 Å². The Morgan fingerprint density at radius 3 is 2.85 bits per heavy atom. The molecular formula is C8H14N4O. The Kier molecular flexibility index (Phi) is 1.95. The summed E-state index contributed by atoms with van der Waals surface area (Å²) in [5, 5.41) is 4.13. The van der Waals surface area contributed by atoms with Gasteiger partial charge in [0.15, 0.2) is 0 Å². The summed E-state index contributed by atoms with van der Waals surface area (Å²) in [5.41, 5.74) is 5.49. The molecule has 72 valence electrons. The second-order valence-electron chi connectivity index (χ2n) is 3.56. The van der Waals surface area contributed by atoms with E-state index in [1.165, 1.54) is 6.42 Å². The van der Waals surface area contributed by atoms with E-state index >= 15 is 0 Å². The highest BCUT2D eigenvalue weighted by molar-refractivity contribution is 5.11. The predicted octanol–water partition coefficient (Wildman–Crippen LogP) is 0.386. The Labute approximate surface area is 76.9 Å². The molecule has 5 nitrogen and oxygen atoms in total. The number of anilines is 1. The van der Waals surface area contributed by atoms with Crippen molar-refractivity contribution < 1.29 is 4.74 Å². The van der Waals surface area contributed by atoms with E-state index in [1.54, 1.807) is 13.4 Å². The first kappa shape index (κ1) is 8.50. The van der Waals surface area contributed by atoms with Crippen molar-refractivity contribution in [2.24, 2.45) is 0 Å². The molecule has 2 rings (SSSR count). The summed E-state index contributed by atoms with van der Waals surface area (Å²) in [7, 11) is 1.71. The standard InChI is InChI=1S/C8H14N4O/c1-13-5-8(3-2-4-8)12-6-10-7(9)11-12/h6H,2-5H2,1H3,(H2,9,11). The summed E-state index contributed by atoms with van der Waals surface area (Å²) in [6.45, 7) is 0.690. The molecule has 1 aromatic heterocycles. The lowest BCUT2D eigenvalue weighted by Crippen LogP contribution is -2.45. The summed E-state index contributed by atoms with van der Waals surface area (Å²) in [5.74, 6) is 0.336. The third-order valence-corrected chi connectivity index (χ3v) is 2.69. The van der Waals surface area contributed by atoms with Crippen LogP contribution in [0.25, 0.3) is 0 Å². The average Bonchev–Trinajstić information content (AvgIpc) is 2.44. The Balaban J connectivity index is 2.21. The van der Waals surface area contributed by atoms with Crippen LogP contribution < -0.4 is 5.73 Å². The third-order valence-electron chi connectivity index (χ3n) is 2.69. The largest absolute Gasteiger partial charge is 0.382 e. The van der Waals surface area contributed by atoms with Gasteiger partial charge in [0.25, 0.3) is 0 Å². The van der Waals surface area contributed by atoms with Crippen LogP contribution in [0.1, 0.15) is 19.3 Å². The van der Waals surface area contributed by atoms with Crippen molar-refractivity contribution in [3.8, 4) is 0 Å². The van der Waals surface area contributed by atoms with Gasteiger partial charge in [-0.15, -0.1) is 5.10 Å². The van der Waals surface area contributed by atoms with Gasteiger partial charge in [-0.05, 0) is 19.3 Å². The van der Waals surface area contributed by atoms with Crippen molar-refractivity contribution in [2.75, 3.05) is 19.5 Å². The lowest BCUT2D eigenvalue weighted by Gasteiger charge is -2.40. The van der Waals surface area contributed by atoms with Crippen molar-refractivity contribution in [2.45, 2.75) is 24.8 Å². The molecule has 13 heavy (non-hydrogen) atoms. The van der Waals surface area contributed by atoms with Gasteiger partial charge in [-0.1, -0.05) is 0 Å². The van der Waals surface area contributed by atoms with Crippen LogP contribution in [0, 0.1) is 0 Å². The van der Waals surface area contributed by atoms with E-state index in [4.69, 9.17) is 10.5 Å². The molecule has 0 spiro atoms. The molecule has 1 aliphatic rings. The van der Waals surface area contributed by atoms with Crippen LogP contribution in [0.5, 0.6) is 0 Å². The zero-order valence-electron chi connectivity index (χ0n) is 7.73. The smallest absolute Gasteiger partial charge is 0.239 e. The van der Waals surface area contributed by atoms with Crippen LogP contribution in [0.2, 0.25) is 0 Å². The highest BCUT2D eigenvalue weighted by Crippen LogP contribution is 2.38. The molecule has 0 radical (unpaired) electrons. The third kappa shape index (κ3) is 1.29. The van der Waals surface area contributed by atoms with Crippen LogP contribution >= 0.6 is 0 Å². The SMILES string of the molecule is COCC1(n2cnc(N)n2)CCC1. The lowest BCUT2D eigenvalue weighted by molar-refractivity contribution is 0.0180. The number of rotatable bonds is 3. The van der Waals surface area contributed by atoms with Gasteiger partial charge in [-0.25, -0.2) is 9.67 Å². The molecule has 0 unspecified atom stereocenters. The van der Waals surface area contributed by atoms with E-state index in [-0.39, 0.29) is 5.54 Å². The number of aromatic nitrogens is 3. The van der Waals surface area contributed by atoms with Crippen molar-refractivity contribution in [1.82, 2.24) is 14.8 Å². The Bertz CT molecular complexity index is 292. The number of methoxy groups -OCH3 is 1. The zero-order chi connectivity index (χ0) is 9.31. The maximum Gasteiger partial charge on any atom is 0.239 e. The average molecular weight is 182 g/mol. The first-order valence-corrected chi connectivity index (χ1v) is 4.43. The van der Waals surface area contributed by atoms with Crippen LogP contribution in [0.15, 0.2) is 6.33 Å². The summed E-state index contributed by atoms with van der Waals surface area (Å²) < 4.78 is 7.03. The highest BCUT2D eigenvalue weighted by Gasteiger charge is 2.39. The Hall–Kier alpha value is -1.10. The molecule has 0 saturated heterocycles. The molecule has 1 saturated carbocycles. The summed E-state index contributed by atoms with van der Waals surface area (Å²) in [6.07, 6.45) is 5.11. The maximum atomic E-state index is 5.47. The first-order valence-electron chi connectivity index (χ1n) is 4.43. The van der Waals surface area contributed by atoms with Crippen LogP contribution in [-0.4, -0.2) is 28.5 Å². The quantitative estimate of drug-likeness (QED) is 0.734. The molecule has 0 amide bonds. The van der Waals surface area contributed by atoms with Crippen LogP contribution in [-0.2, 0) is 10.3 Å². The van der Waals surface area contributed by atoms with Gasteiger partial charge in [0.2, 0.25) is 5.95 Å². The number of nitrogen functional groups attached to an aromatic ring is 1. The predicted molar refractivity (Wildman–Crippen MR) is 48.1 cm³/mol. The second-order valence-corrected chi connectivity index (χ2v) is 3.56. The van der Waals surface area contributed by atoms with Crippen LogP contribution in [0.3, 0.4) is 0 Å². The van der Waals surface area contributed by atoms with E-state index in [1.807, 2.05) is 4.68 Å². The minimum atomic E-state index is 0.0272. The van der Waals surface area contributed by atoms with Gasteiger partial charge >= 0.3 is 0 Å². The van der Waals surface area contributed by atoms with Crippen molar-refractivity contribution in [3.05, 3.63) is 6.33 Å². The minimum absolute atomic E-state index is 0.0272. The van der Waals surface area contributed by atoms with E-state index in [9.17, 15) is 0 Å². The number of nitrogens with two attached hydrogens (primary N) is 1. The van der Waals surface area contributed by atoms with Gasteiger partial charge in [-0.2, -0.15) is 0 Å². The van der Waals surface area contributed by atoms with E-state index in [0.717, 1.165) is 12.8 Å². The number of ether oxygens (including phenoxy) is 1. The van der Waals surface area contributed by atoms with E-state index in [2.05, 4.69) is 10.1 Å². The normalized spacial score (nSPS) is 19.8. The van der Waals surface area contributed by atoms with Crippen molar-refractivity contribution >= 4 is 5.95 Å². The van der Waals surface area contributed by atoms with Crippen molar-refractivity contribution in [1.29, 1.82) is 0 Å². The molecule has 0 aromatic carbocycles. The van der Waals surface area contributed by atoms with Crippen LogP contribution in [0.4, 0.5) is 5.95 Å². The molecule has 1 aliphatic carbocycles. The summed E-state index contributed by atoms with van der Waals surface area (Å²) in [6, 6.07) is 0. The summed E-state index contributed by atoms with van der Waals surface area (Å²) >= 11 is 0. The minimum Gasteiger partial charge on any atom is -0.382 e. The maximum absolute atomic E-state index is 5.47. The molecule has 1 fully saturated rings. The second kappa shape index (κ2) is 2.99. The monoisotopic (exact) mass is 182 g/mol. The number of hydrogen-bond donors (Lipinski definition) is 1. The van der Waals surface area contributed by atoms with Gasteiger partial charge in [-0.3, -0.25) is 0 Å². The highest BCUT2D eigenvalue weighted by atomic mass is 16.5. The Morgan fingerprint density at radius 2 is 2.46 bits per heavy atom. The molecule has 5 heteroatoms. The molecule has 0 atom stereocenters. The lowest BCUT2D eigenvalue weighted by atomic mass is 9.77. The van der Waals surface area contributed by atoms with Gasteiger partial charge in [0.1, 0.15) is 6.33 Å². The van der Waals surface area contributed by atoms with Gasteiger partial charge in [0, 0.05) is 7.11 Å². The van der Waals surface area contributed by atoms with Gasteiger partial charge < -0.3 is 10.5 Å². The first-order chi connectivity index (χ1) is 6.27. The molecular weight excluding hydrogens is 168 g/mol. The fraction of sp³-hybridized carbons (Fsp3) is 0.750. The fourth-order valence-corrected chi connectivity index (χ4v) is 1.80. The topological polar surface area (TPSA) is 66.0 Å². The zero-order valence-corrected chi connectivity index (χ0v) is 7.73. The fourth-order valence-electron chi connectivity index (χ4n) is 1.80. The molecule has 2 N–H and O–H groups in total. The number of hydrogen-bond acceptors (Lipinski definition) is 4. The van der Waals surface area contributed by atoms with E-state index < -0.39 is 0 Å². The molecule has 1 aromatic rings. The number of nitrogens with zero attached hydrogens (tertiary/aromatic N) is 3. The van der Waals surface area contributed by atoms with Crippen molar-refractivity contribution in [3.63, 3.8) is 0 Å². The summed E-state index contributed by atoms with van der Waals surface area (Å²) in [4.78, 5) is 3.92. The molecule has 1 heterocycles. The molecule has 0 bridgehead atoms.